The minimum absolute atomic E-state index is 0.156. The number of benzene rings is 2. The molecule has 0 bridgehead atoms. The van der Waals surface area contributed by atoms with Crippen molar-refractivity contribution < 1.29 is 13.9 Å². The summed E-state index contributed by atoms with van der Waals surface area (Å²) >= 11 is 8.91. The molecule has 0 saturated heterocycles. The normalized spacial score (nSPS) is 15.9. The van der Waals surface area contributed by atoms with Gasteiger partial charge in [0.15, 0.2) is 5.70 Å². The molecule has 1 aliphatic heterocycles. The van der Waals surface area contributed by atoms with Crippen LogP contribution in [0.1, 0.15) is 11.1 Å². The average molecular weight is 381 g/mol. The lowest BCUT2D eigenvalue weighted by molar-refractivity contribution is -0.129. The SMILES string of the molecule is O=C1OC(c2ccc(Cl)cc2)=N/C1=C\c1ccc(F)c(Br)c1. The first-order chi connectivity index (χ1) is 10.5. The van der Waals surface area contributed by atoms with Crippen LogP contribution in [0, 0.1) is 5.82 Å². The van der Waals surface area contributed by atoms with E-state index in [1.165, 1.54) is 12.1 Å². The third-order valence-corrected chi connectivity index (χ3v) is 3.82. The van der Waals surface area contributed by atoms with Gasteiger partial charge in [0.25, 0.3) is 0 Å². The molecule has 0 radical (unpaired) electrons. The fraction of sp³-hybridized carbons (Fsp3) is 0. The Morgan fingerprint density at radius 1 is 1.18 bits per heavy atom. The maximum absolute atomic E-state index is 13.2. The van der Waals surface area contributed by atoms with Crippen LogP contribution in [0.3, 0.4) is 0 Å². The first-order valence-corrected chi connectivity index (χ1v) is 7.43. The highest BCUT2D eigenvalue weighted by Gasteiger charge is 2.24. The Hall–Kier alpha value is -1.98. The van der Waals surface area contributed by atoms with Gasteiger partial charge in [0.05, 0.1) is 4.47 Å². The number of rotatable bonds is 2. The summed E-state index contributed by atoms with van der Waals surface area (Å²) in [5.41, 5.74) is 1.45. The fourth-order valence-electron chi connectivity index (χ4n) is 1.89. The summed E-state index contributed by atoms with van der Waals surface area (Å²) in [4.78, 5) is 16.0. The molecule has 6 heteroatoms. The molecule has 0 fully saturated rings. The van der Waals surface area contributed by atoms with E-state index in [9.17, 15) is 9.18 Å². The number of halogens is 3. The van der Waals surface area contributed by atoms with Gasteiger partial charge < -0.3 is 4.74 Å². The first-order valence-electron chi connectivity index (χ1n) is 6.26. The lowest BCUT2D eigenvalue weighted by Crippen LogP contribution is -2.05. The Labute approximate surface area is 139 Å². The number of hydrogen-bond donors (Lipinski definition) is 0. The molecule has 2 aromatic carbocycles. The summed E-state index contributed by atoms with van der Waals surface area (Å²) in [6.07, 6.45) is 1.54. The number of cyclic esters (lactones) is 1. The molecule has 110 valence electrons. The number of aliphatic imine (C=N–C) groups is 1. The number of carbonyl (C=O) groups is 1. The summed E-state index contributed by atoms with van der Waals surface area (Å²) in [6, 6.07) is 11.2. The zero-order valence-electron chi connectivity index (χ0n) is 11.0. The molecular weight excluding hydrogens is 373 g/mol. The summed E-state index contributed by atoms with van der Waals surface area (Å²) in [5, 5.41) is 0.584. The van der Waals surface area contributed by atoms with Crippen molar-refractivity contribution in [1.29, 1.82) is 0 Å². The zero-order chi connectivity index (χ0) is 15.7. The van der Waals surface area contributed by atoms with Gasteiger partial charge in [0.2, 0.25) is 5.90 Å². The Morgan fingerprint density at radius 3 is 2.59 bits per heavy atom. The van der Waals surface area contributed by atoms with Gasteiger partial charge in [-0.2, -0.15) is 0 Å². The van der Waals surface area contributed by atoms with Crippen LogP contribution in [0.25, 0.3) is 6.08 Å². The van der Waals surface area contributed by atoms with Crippen LogP contribution in [-0.2, 0) is 9.53 Å². The first kappa shape index (κ1) is 14.9. The van der Waals surface area contributed by atoms with Crippen molar-refractivity contribution in [1.82, 2.24) is 0 Å². The van der Waals surface area contributed by atoms with Crippen molar-refractivity contribution in [3.63, 3.8) is 0 Å². The van der Waals surface area contributed by atoms with Crippen LogP contribution >= 0.6 is 27.5 Å². The second kappa shape index (κ2) is 6.02. The Kier molecular flexibility index (Phi) is 4.09. The molecule has 0 saturated carbocycles. The topological polar surface area (TPSA) is 38.7 Å². The highest BCUT2D eigenvalue weighted by molar-refractivity contribution is 9.10. The number of nitrogens with zero attached hydrogens (tertiary/aromatic N) is 1. The third kappa shape index (κ3) is 3.10. The van der Waals surface area contributed by atoms with E-state index in [-0.39, 0.29) is 17.4 Å². The Morgan fingerprint density at radius 2 is 1.91 bits per heavy atom. The molecule has 0 aromatic heterocycles. The molecule has 0 aliphatic carbocycles. The molecule has 1 aliphatic rings. The van der Waals surface area contributed by atoms with Crippen LogP contribution < -0.4 is 0 Å². The van der Waals surface area contributed by atoms with Gasteiger partial charge in [-0.1, -0.05) is 17.7 Å². The molecule has 2 aromatic rings. The number of esters is 1. The monoisotopic (exact) mass is 379 g/mol. The maximum Gasteiger partial charge on any atom is 0.363 e. The maximum atomic E-state index is 13.2. The van der Waals surface area contributed by atoms with Crippen molar-refractivity contribution in [2.45, 2.75) is 0 Å². The number of ether oxygens (including phenoxy) is 1. The van der Waals surface area contributed by atoms with Crippen molar-refractivity contribution in [3.8, 4) is 0 Å². The minimum Gasteiger partial charge on any atom is -0.402 e. The van der Waals surface area contributed by atoms with E-state index >= 15 is 0 Å². The van der Waals surface area contributed by atoms with Crippen molar-refractivity contribution in [3.05, 3.63) is 74.6 Å². The largest absolute Gasteiger partial charge is 0.402 e. The van der Waals surface area contributed by atoms with E-state index in [1.54, 1.807) is 36.4 Å². The Bertz CT molecular complexity index is 815. The molecular formula is C16H8BrClFNO2. The van der Waals surface area contributed by atoms with E-state index in [2.05, 4.69) is 20.9 Å². The van der Waals surface area contributed by atoms with E-state index < -0.39 is 5.97 Å². The van der Waals surface area contributed by atoms with Crippen LogP contribution in [0.4, 0.5) is 4.39 Å². The number of hydrogen-bond acceptors (Lipinski definition) is 3. The van der Waals surface area contributed by atoms with E-state index in [0.717, 1.165) is 0 Å². The van der Waals surface area contributed by atoms with Gasteiger partial charge in [-0.05, 0) is 64.0 Å². The van der Waals surface area contributed by atoms with E-state index in [4.69, 9.17) is 16.3 Å². The summed E-state index contributed by atoms with van der Waals surface area (Å²) < 4.78 is 18.7. The average Bonchev–Trinajstić information content (AvgIpc) is 2.85. The van der Waals surface area contributed by atoms with Crippen LogP contribution in [0.2, 0.25) is 5.02 Å². The quantitative estimate of drug-likeness (QED) is 0.565. The zero-order valence-corrected chi connectivity index (χ0v) is 13.4. The van der Waals surface area contributed by atoms with Crippen molar-refractivity contribution in [2.24, 2.45) is 4.99 Å². The fourth-order valence-corrected chi connectivity index (χ4v) is 2.41. The molecule has 22 heavy (non-hydrogen) atoms. The molecule has 3 rings (SSSR count). The Balaban J connectivity index is 1.93. The summed E-state index contributed by atoms with van der Waals surface area (Å²) in [5.74, 6) is -0.707. The van der Waals surface area contributed by atoms with Crippen LogP contribution in [-0.4, -0.2) is 11.9 Å². The van der Waals surface area contributed by atoms with Gasteiger partial charge in [-0.25, -0.2) is 14.2 Å². The molecule has 0 amide bonds. The third-order valence-electron chi connectivity index (χ3n) is 2.96. The minimum atomic E-state index is -0.551. The highest BCUT2D eigenvalue weighted by atomic mass is 79.9. The lowest BCUT2D eigenvalue weighted by atomic mass is 10.2. The molecule has 1 heterocycles. The molecule has 0 spiro atoms. The van der Waals surface area contributed by atoms with Gasteiger partial charge in [0.1, 0.15) is 5.82 Å². The van der Waals surface area contributed by atoms with Crippen LogP contribution in [0.5, 0.6) is 0 Å². The second-order valence-electron chi connectivity index (χ2n) is 4.52. The smallest absolute Gasteiger partial charge is 0.363 e. The van der Waals surface area contributed by atoms with Gasteiger partial charge in [0, 0.05) is 10.6 Å². The summed E-state index contributed by atoms with van der Waals surface area (Å²) in [7, 11) is 0. The molecule has 3 nitrogen and oxygen atoms in total. The predicted molar refractivity (Wildman–Crippen MR) is 86.2 cm³/mol. The van der Waals surface area contributed by atoms with Gasteiger partial charge in [-0.15, -0.1) is 0 Å². The van der Waals surface area contributed by atoms with Crippen molar-refractivity contribution >= 4 is 45.5 Å². The van der Waals surface area contributed by atoms with Gasteiger partial charge >= 0.3 is 5.97 Å². The highest BCUT2D eigenvalue weighted by Crippen LogP contribution is 2.22. The standard InChI is InChI=1S/C16H8BrClFNO2/c17-12-7-9(1-6-13(12)19)8-14-16(21)22-15(20-14)10-2-4-11(18)5-3-10/h1-8H/b14-8-. The predicted octanol–water partition coefficient (Wildman–Crippen LogP) is 4.59. The second-order valence-corrected chi connectivity index (χ2v) is 5.81. The van der Waals surface area contributed by atoms with Crippen molar-refractivity contribution in [2.75, 3.05) is 0 Å². The van der Waals surface area contributed by atoms with E-state index in [1.807, 2.05) is 0 Å². The van der Waals surface area contributed by atoms with Crippen LogP contribution in [0.15, 0.2) is 57.6 Å². The summed E-state index contributed by atoms with van der Waals surface area (Å²) in [6.45, 7) is 0. The molecule has 0 atom stereocenters. The van der Waals surface area contributed by atoms with E-state index in [0.29, 0.717) is 20.6 Å². The molecule has 0 unspecified atom stereocenters. The van der Waals surface area contributed by atoms with Gasteiger partial charge in [-0.3, -0.25) is 0 Å². The number of carbonyl (C=O) groups excluding carboxylic acids is 1. The lowest BCUT2D eigenvalue weighted by Gasteiger charge is -1.98. The molecule has 0 N–H and O–H groups in total.